The number of pyridine rings is 1. The van der Waals surface area contributed by atoms with Crippen molar-refractivity contribution in [1.82, 2.24) is 4.98 Å². The molecule has 0 spiro atoms. The van der Waals surface area contributed by atoms with Crippen molar-refractivity contribution in [3.63, 3.8) is 0 Å². The van der Waals surface area contributed by atoms with Gasteiger partial charge >= 0.3 is 0 Å². The summed E-state index contributed by atoms with van der Waals surface area (Å²) in [4.78, 5) is 18.5. The second kappa shape index (κ2) is 9.28. The maximum atomic E-state index is 12.8. The Bertz CT molecular complexity index is 1230. The zero-order valence-corrected chi connectivity index (χ0v) is 19.2. The molecule has 4 aromatic rings. The lowest BCUT2D eigenvalue weighted by Gasteiger charge is -2.23. The lowest BCUT2D eigenvalue weighted by molar-refractivity contribution is 0.0997. The number of aromatic nitrogens is 1. The third kappa shape index (κ3) is 4.53. The van der Waals surface area contributed by atoms with Crippen molar-refractivity contribution in [2.75, 3.05) is 17.7 Å². The molecule has 2 N–H and O–H groups in total. The predicted octanol–water partition coefficient (Wildman–Crippen LogP) is 6.12. The van der Waals surface area contributed by atoms with Crippen molar-refractivity contribution in [3.8, 4) is 5.75 Å². The Morgan fingerprint density at radius 1 is 1.09 bits per heavy atom. The largest absolute Gasteiger partial charge is 0.497 e. The van der Waals surface area contributed by atoms with E-state index in [9.17, 15) is 4.79 Å². The topological polar surface area (TPSA) is 76.4 Å². The van der Waals surface area contributed by atoms with Crippen molar-refractivity contribution in [2.45, 2.75) is 26.8 Å². The van der Waals surface area contributed by atoms with Crippen LogP contribution in [0.5, 0.6) is 5.75 Å². The number of methoxy groups -OCH3 is 1. The molecule has 3 aromatic heterocycles. The summed E-state index contributed by atoms with van der Waals surface area (Å²) in [6.45, 7) is 6.09. The smallest absolute Gasteiger partial charge is 0.291 e. The quantitative estimate of drug-likeness (QED) is 0.357. The van der Waals surface area contributed by atoms with Crippen LogP contribution in [-0.2, 0) is 0 Å². The van der Waals surface area contributed by atoms with Gasteiger partial charge in [-0.05, 0) is 68.3 Å². The number of hydrogen-bond acceptors (Lipinski definition) is 6. The van der Waals surface area contributed by atoms with E-state index in [4.69, 9.17) is 9.15 Å². The fraction of sp³-hybridized carbons (Fsp3) is 0.200. The summed E-state index contributed by atoms with van der Waals surface area (Å²) in [6, 6.07) is 16.9. The number of benzene rings is 1. The summed E-state index contributed by atoms with van der Waals surface area (Å²) in [5.41, 5.74) is 4.02. The van der Waals surface area contributed by atoms with Gasteiger partial charge in [-0.15, -0.1) is 11.3 Å². The molecule has 3 heterocycles. The Labute approximate surface area is 191 Å². The molecule has 0 saturated carbocycles. The van der Waals surface area contributed by atoms with Crippen LogP contribution in [-0.4, -0.2) is 18.0 Å². The molecule has 4 rings (SSSR count). The summed E-state index contributed by atoms with van der Waals surface area (Å²) in [6.07, 6.45) is 1.49. The Hall–Kier alpha value is -3.58. The minimum absolute atomic E-state index is 0.253. The zero-order chi connectivity index (χ0) is 22.7. The summed E-state index contributed by atoms with van der Waals surface area (Å²) >= 11 is 1.55. The summed E-state index contributed by atoms with van der Waals surface area (Å²) in [5.74, 6) is 1.50. The summed E-state index contributed by atoms with van der Waals surface area (Å²) in [7, 11) is 1.65. The Morgan fingerprint density at radius 2 is 1.91 bits per heavy atom. The molecule has 0 saturated heterocycles. The van der Waals surface area contributed by atoms with Gasteiger partial charge in [0.05, 0.1) is 19.4 Å². The molecule has 1 aromatic carbocycles. The highest BCUT2D eigenvalue weighted by Crippen LogP contribution is 2.41. The van der Waals surface area contributed by atoms with Crippen molar-refractivity contribution in [1.29, 1.82) is 0 Å². The first-order valence-electron chi connectivity index (χ1n) is 10.2. The minimum atomic E-state index is -0.282. The van der Waals surface area contributed by atoms with Crippen LogP contribution in [0.1, 0.15) is 43.9 Å². The fourth-order valence-corrected chi connectivity index (χ4v) is 4.67. The van der Waals surface area contributed by atoms with E-state index < -0.39 is 0 Å². The molecule has 0 aliphatic heterocycles. The molecule has 1 atom stereocenters. The van der Waals surface area contributed by atoms with E-state index in [1.807, 2.05) is 49.4 Å². The van der Waals surface area contributed by atoms with Gasteiger partial charge in [0.15, 0.2) is 5.76 Å². The molecule has 0 fully saturated rings. The van der Waals surface area contributed by atoms with E-state index in [1.54, 1.807) is 30.6 Å². The molecule has 0 bridgehead atoms. The highest BCUT2D eigenvalue weighted by atomic mass is 32.1. The number of thiophene rings is 1. The number of anilines is 2. The van der Waals surface area contributed by atoms with Gasteiger partial charge in [0.2, 0.25) is 0 Å². The van der Waals surface area contributed by atoms with Gasteiger partial charge in [-0.25, -0.2) is 4.98 Å². The van der Waals surface area contributed by atoms with Crippen LogP contribution in [0, 0.1) is 20.8 Å². The SMILES string of the molecule is COc1cccc([C@@H](Nc2cccc(C)n2)c2c(NC(=O)c3ccco3)sc(C)c2C)c1. The molecule has 32 heavy (non-hydrogen) atoms. The van der Waals surface area contributed by atoms with E-state index in [0.29, 0.717) is 0 Å². The van der Waals surface area contributed by atoms with Gasteiger partial charge in [0.1, 0.15) is 16.6 Å². The van der Waals surface area contributed by atoms with Gasteiger partial charge in [-0.2, -0.15) is 0 Å². The molecule has 164 valence electrons. The second-order valence-electron chi connectivity index (χ2n) is 7.48. The molecular formula is C25H25N3O3S. The minimum Gasteiger partial charge on any atom is -0.497 e. The third-order valence-corrected chi connectivity index (χ3v) is 6.44. The number of furan rings is 1. The van der Waals surface area contributed by atoms with Crippen LogP contribution in [0.25, 0.3) is 0 Å². The van der Waals surface area contributed by atoms with Crippen LogP contribution < -0.4 is 15.4 Å². The summed E-state index contributed by atoms with van der Waals surface area (Å²) < 4.78 is 10.7. The Balaban J connectivity index is 1.80. The first-order chi connectivity index (χ1) is 15.5. The van der Waals surface area contributed by atoms with Crippen LogP contribution >= 0.6 is 11.3 Å². The number of carbonyl (C=O) groups is 1. The van der Waals surface area contributed by atoms with Crippen LogP contribution in [0.2, 0.25) is 0 Å². The van der Waals surface area contributed by atoms with Crippen LogP contribution in [0.4, 0.5) is 10.8 Å². The average Bonchev–Trinajstić information content (AvgIpc) is 3.41. The molecule has 0 radical (unpaired) electrons. The normalized spacial score (nSPS) is 11.8. The number of amides is 1. The molecule has 0 unspecified atom stereocenters. The van der Waals surface area contributed by atoms with Crippen molar-refractivity contribution < 1.29 is 13.9 Å². The van der Waals surface area contributed by atoms with Crippen molar-refractivity contribution >= 4 is 28.1 Å². The Kier molecular flexibility index (Phi) is 6.28. The highest BCUT2D eigenvalue weighted by molar-refractivity contribution is 7.16. The van der Waals surface area contributed by atoms with E-state index in [2.05, 4.69) is 29.5 Å². The highest BCUT2D eigenvalue weighted by Gasteiger charge is 2.26. The number of hydrogen-bond donors (Lipinski definition) is 2. The molecule has 6 nitrogen and oxygen atoms in total. The number of nitrogens with zero attached hydrogens (tertiary/aromatic N) is 1. The van der Waals surface area contributed by atoms with Gasteiger partial charge in [-0.1, -0.05) is 18.2 Å². The molecule has 7 heteroatoms. The number of nitrogens with one attached hydrogen (secondary N) is 2. The van der Waals surface area contributed by atoms with E-state index >= 15 is 0 Å². The van der Waals surface area contributed by atoms with Gasteiger partial charge in [0, 0.05) is 16.1 Å². The van der Waals surface area contributed by atoms with Gasteiger partial charge in [0.25, 0.3) is 5.91 Å². The lowest BCUT2D eigenvalue weighted by atomic mass is 9.96. The number of carbonyl (C=O) groups excluding carboxylic acids is 1. The van der Waals surface area contributed by atoms with Gasteiger partial charge < -0.3 is 19.8 Å². The predicted molar refractivity (Wildman–Crippen MR) is 128 cm³/mol. The van der Waals surface area contributed by atoms with Crippen molar-refractivity contribution in [2.24, 2.45) is 0 Å². The van der Waals surface area contributed by atoms with Crippen LogP contribution in [0.15, 0.2) is 65.3 Å². The molecular weight excluding hydrogens is 422 g/mol. The first-order valence-corrected chi connectivity index (χ1v) is 11.1. The van der Waals surface area contributed by atoms with Crippen molar-refractivity contribution in [3.05, 3.63) is 93.9 Å². The van der Waals surface area contributed by atoms with Crippen LogP contribution in [0.3, 0.4) is 0 Å². The number of aryl methyl sites for hydroxylation is 2. The Morgan fingerprint density at radius 3 is 2.62 bits per heavy atom. The summed E-state index contributed by atoms with van der Waals surface area (Å²) in [5, 5.41) is 7.39. The maximum absolute atomic E-state index is 12.8. The zero-order valence-electron chi connectivity index (χ0n) is 18.4. The average molecular weight is 448 g/mol. The monoisotopic (exact) mass is 447 g/mol. The molecule has 0 aliphatic rings. The number of ether oxygens (including phenoxy) is 1. The standard InChI is InChI=1S/C25H25N3O3S/c1-15-8-5-12-21(26-15)27-23(18-9-6-10-19(14-18)30-4)22-16(2)17(3)32-25(22)28-24(29)20-11-7-13-31-20/h5-14,23H,1-4H3,(H,26,27)(H,28,29)/t23-/m1/s1. The van der Waals surface area contributed by atoms with E-state index in [-0.39, 0.29) is 17.7 Å². The first kappa shape index (κ1) is 21.6. The molecule has 1 amide bonds. The van der Waals surface area contributed by atoms with E-state index in [0.717, 1.165) is 43.8 Å². The van der Waals surface area contributed by atoms with Gasteiger partial charge in [-0.3, -0.25) is 4.79 Å². The second-order valence-corrected chi connectivity index (χ2v) is 8.70. The lowest BCUT2D eigenvalue weighted by Crippen LogP contribution is -2.18. The maximum Gasteiger partial charge on any atom is 0.291 e. The third-order valence-electron chi connectivity index (χ3n) is 5.30. The fourth-order valence-electron chi connectivity index (χ4n) is 3.57. The number of rotatable bonds is 7. The molecule has 0 aliphatic carbocycles. The van der Waals surface area contributed by atoms with E-state index in [1.165, 1.54) is 6.26 Å².